The van der Waals surface area contributed by atoms with Crippen molar-refractivity contribution in [1.29, 1.82) is 0 Å². The quantitative estimate of drug-likeness (QED) is 0.107. The molecule has 0 radical (unpaired) electrons. The first-order valence-electron chi connectivity index (χ1n) is 34.7. The van der Waals surface area contributed by atoms with Gasteiger partial charge in [0, 0.05) is 126 Å². The van der Waals surface area contributed by atoms with Crippen LogP contribution in [0.15, 0.2) is 60.9 Å². The van der Waals surface area contributed by atoms with E-state index in [1.165, 1.54) is 5.01 Å². The van der Waals surface area contributed by atoms with Crippen molar-refractivity contribution in [2.75, 3.05) is 89.2 Å². The Bertz CT molecular complexity index is 3370. The van der Waals surface area contributed by atoms with E-state index in [0.717, 1.165) is 127 Å². The average molecular weight is 1410 g/mol. The summed E-state index contributed by atoms with van der Waals surface area (Å²) >= 11 is 6.62. The van der Waals surface area contributed by atoms with Gasteiger partial charge in [0.05, 0.1) is 30.3 Å². The van der Waals surface area contributed by atoms with Crippen molar-refractivity contribution in [1.82, 2.24) is 49.6 Å². The lowest BCUT2D eigenvalue weighted by Crippen LogP contribution is -2.50. The molecule has 2 unspecified atom stereocenters. The topological polar surface area (TPSA) is 213 Å². The summed E-state index contributed by atoms with van der Waals surface area (Å²) in [5.41, 5.74) is 3.71. The van der Waals surface area contributed by atoms with Crippen molar-refractivity contribution in [2.45, 2.75) is 203 Å². The lowest BCUT2D eigenvalue weighted by molar-refractivity contribution is -0.137. The number of thiazole rings is 2. The number of urea groups is 2. The van der Waals surface area contributed by atoms with Gasteiger partial charge in [0.25, 0.3) is 0 Å². The van der Waals surface area contributed by atoms with E-state index in [9.17, 15) is 33.6 Å². The number of amides is 9. The van der Waals surface area contributed by atoms with Gasteiger partial charge < -0.3 is 55.0 Å². The molecule has 25 heteroatoms. The molecule has 2 aromatic carbocycles. The molecule has 2 aromatic heterocycles. The minimum atomic E-state index is -0.521. The SMILES string of the molecule is CC(C)(C)CCN1C(=O)[C@H](CC(=O)N2CCC(N3CCc4ccccc4NC3=O)CC2)SC1c1cnc(C2CCN(C(=O)OC(C)(C)C)CC2)s1.CC(C)(C)CCN1C(=O)[C@H](CC(=O)N2CCC(N3CCc4ccccc4NC3=O)CC2)SC1c1cnc(C2CCNCC2)s1.Cl. The number of aromatic nitrogens is 2. The number of thioether (sulfide) groups is 2. The number of anilines is 2. The molecule has 0 bridgehead atoms. The number of fused-ring (bicyclic) bond motifs is 2. The number of carbonyl (C=O) groups is 7. The predicted molar refractivity (Wildman–Crippen MR) is 386 cm³/mol. The Morgan fingerprint density at radius 2 is 0.927 bits per heavy atom. The highest BCUT2D eigenvalue weighted by molar-refractivity contribution is 8.01. The van der Waals surface area contributed by atoms with Gasteiger partial charge in [-0.05, 0) is 145 Å². The third-order valence-corrected chi connectivity index (χ3v) is 25.4. The molecule has 0 aliphatic carbocycles. The Morgan fingerprint density at radius 1 is 0.531 bits per heavy atom. The molecular formula is C71H101ClN12O8S4. The number of nitrogens with zero attached hydrogens (tertiary/aromatic N) is 9. The Kier molecular flexibility index (Phi) is 24.1. The average Bonchev–Trinajstić information content (AvgIpc) is 1.64. The fourth-order valence-electron chi connectivity index (χ4n) is 14.1. The van der Waals surface area contributed by atoms with Gasteiger partial charge in [-0.3, -0.25) is 19.2 Å². The Morgan fingerprint density at radius 3 is 1.33 bits per heavy atom. The first kappa shape index (κ1) is 73.1. The van der Waals surface area contributed by atoms with Crippen molar-refractivity contribution >= 4 is 112 Å². The molecule has 96 heavy (non-hydrogen) atoms. The minimum absolute atomic E-state index is 0. The third kappa shape index (κ3) is 18.4. The van der Waals surface area contributed by atoms with Crippen LogP contribution in [-0.2, 0) is 36.8 Å². The van der Waals surface area contributed by atoms with Crippen LogP contribution in [0, 0.1) is 10.8 Å². The number of ether oxygens (including phenoxy) is 1. The highest BCUT2D eigenvalue weighted by atomic mass is 35.5. The molecule has 9 amide bonds. The van der Waals surface area contributed by atoms with Crippen LogP contribution in [0.2, 0.25) is 0 Å². The van der Waals surface area contributed by atoms with Crippen molar-refractivity contribution in [3.63, 3.8) is 0 Å². The van der Waals surface area contributed by atoms with Crippen molar-refractivity contribution < 1.29 is 38.3 Å². The van der Waals surface area contributed by atoms with E-state index in [1.807, 2.05) is 99.0 Å². The summed E-state index contributed by atoms with van der Waals surface area (Å²) in [5.74, 6) is 0.882. The molecule has 8 aliphatic rings. The number of likely N-dealkylation sites (tertiary alicyclic amines) is 3. The molecule has 0 saturated carbocycles. The van der Waals surface area contributed by atoms with Crippen LogP contribution in [0.4, 0.5) is 25.8 Å². The predicted octanol–water partition coefficient (Wildman–Crippen LogP) is 13.0. The number of halogens is 1. The van der Waals surface area contributed by atoms with Crippen molar-refractivity contribution in [2.24, 2.45) is 10.8 Å². The number of rotatable bonds is 14. The van der Waals surface area contributed by atoms with E-state index in [0.29, 0.717) is 71.4 Å². The van der Waals surface area contributed by atoms with Crippen LogP contribution in [-0.4, -0.2) is 193 Å². The molecule has 12 rings (SSSR count). The number of hydrogen-bond donors (Lipinski definition) is 3. The van der Waals surface area contributed by atoms with Crippen LogP contribution in [0.3, 0.4) is 0 Å². The smallest absolute Gasteiger partial charge is 0.410 e. The van der Waals surface area contributed by atoms with Gasteiger partial charge in [-0.15, -0.1) is 58.6 Å². The number of benzene rings is 2. The summed E-state index contributed by atoms with van der Waals surface area (Å²) in [6.07, 6.45) is 14.2. The maximum absolute atomic E-state index is 14.0. The maximum atomic E-state index is 14.0. The van der Waals surface area contributed by atoms with Crippen molar-refractivity contribution in [3.8, 4) is 0 Å². The van der Waals surface area contributed by atoms with Gasteiger partial charge in [-0.1, -0.05) is 77.9 Å². The normalized spacial score (nSPS) is 22.9. The Labute approximate surface area is 590 Å². The van der Waals surface area contributed by atoms with E-state index >= 15 is 0 Å². The summed E-state index contributed by atoms with van der Waals surface area (Å²) in [4.78, 5) is 119. The highest BCUT2D eigenvalue weighted by Gasteiger charge is 2.46. The van der Waals surface area contributed by atoms with Crippen LogP contribution < -0.4 is 16.0 Å². The van der Waals surface area contributed by atoms with Crippen LogP contribution in [0.1, 0.15) is 193 Å². The number of nitrogens with one attached hydrogen (secondary N) is 3. The van der Waals surface area contributed by atoms with Crippen LogP contribution >= 0.6 is 58.6 Å². The Hall–Kier alpha value is -5.66. The molecule has 0 spiro atoms. The van der Waals surface area contributed by atoms with Gasteiger partial charge in [0.15, 0.2) is 0 Å². The van der Waals surface area contributed by atoms with E-state index in [-0.39, 0.29) is 112 Å². The third-order valence-electron chi connectivity index (χ3n) is 19.7. The van der Waals surface area contributed by atoms with Gasteiger partial charge in [0.2, 0.25) is 23.6 Å². The van der Waals surface area contributed by atoms with Crippen LogP contribution in [0.25, 0.3) is 0 Å². The maximum Gasteiger partial charge on any atom is 0.410 e. The summed E-state index contributed by atoms with van der Waals surface area (Å²) < 4.78 is 5.57. The van der Waals surface area contributed by atoms with Crippen molar-refractivity contribution in [3.05, 3.63) is 91.8 Å². The zero-order chi connectivity index (χ0) is 67.3. The summed E-state index contributed by atoms with van der Waals surface area (Å²) in [7, 11) is 0. The second-order valence-corrected chi connectivity index (χ2v) is 35.1. The molecule has 524 valence electrons. The fraction of sp³-hybridized carbons (Fsp3) is 0.648. The number of hydrogen-bond acceptors (Lipinski definition) is 15. The highest BCUT2D eigenvalue weighted by Crippen LogP contribution is 2.50. The summed E-state index contributed by atoms with van der Waals surface area (Å²) in [5, 5.41) is 10.7. The molecule has 6 fully saturated rings. The van der Waals surface area contributed by atoms with E-state index in [4.69, 9.17) is 14.7 Å². The number of carbonyl (C=O) groups excluding carboxylic acids is 7. The monoisotopic (exact) mass is 1410 g/mol. The van der Waals surface area contributed by atoms with E-state index in [2.05, 4.69) is 69.6 Å². The minimum Gasteiger partial charge on any atom is -0.444 e. The second-order valence-electron chi connectivity index (χ2n) is 30.3. The van der Waals surface area contributed by atoms with Crippen LogP contribution in [0.5, 0.6) is 0 Å². The number of para-hydroxylation sites is 2. The lowest BCUT2D eigenvalue weighted by atomic mass is 9.92. The van der Waals surface area contributed by atoms with E-state index in [1.54, 1.807) is 51.1 Å². The standard InChI is InChI=1S/C38H54N6O5S2.C33H46N6O3S2.ClH/c1-37(2,3)16-22-44-33(46)29(51-34(44)30-24-39-32(50-30)26-11-17-42(18-12-26)36(48)49-38(4,5)6)23-31(45)41-19-14-27(15-20-41)43-21-13-25-9-7-8-10-28(25)40-35(43)47;1-33(2,3)13-19-39-30(41)26(44-31(39)27-21-35-29(43-27)23-8-14-34-15-9-23)20-28(40)37-16-11-24(12-17-37)38-18-10-22-6-4-5-7-25(22)36-32(38)42;/h7-10,24,26-27,29,34H,11-23H2,1-6H3,(H,40,47);4-7,21,23-24,26,31,34H,8-20H2,1-3H3,(H,36,42);1H/t29-,34?;26-,31?;/m00./s1. The molecule has 6 saturated heterocycles. The summed E-state index contributed by atoms with van der Waals surface area (Å²) in [6.45, 7) is 27.1. The van der Waals surface area contributed by atoms with Gasteiger partial charge >= 0.3 is 18.2 Å². The second kappa shape index (κ2) is 31.7. The zero-order valence-electron chi connectivity index (χ0n) is 57.6. The molecule has 3 N–H and O–H groups in total. The summed E-state index contributed by atoms with van der Waals surface area (Å²) in [6, 6.07) is 16.0. The molecule has 10 heterocycles. The van der Waals surface area contributed by atoms with Gasteiger partial charge in [-0.25, -0.2) is 24.4 Å². The lowest BCUT2D eigenvalue weighted by Gasteiger charge is -2.38. The van der Waals surface area contributed by atoms with Gasteiger partial charge in [0.1, 0.15) is 16.3 Å². The van der Waals surface area contributed by atoms with E-state index < -0.39 is 10.9 Å². The fourth-order valence-corrected chi connectivity index (χ4v) is 19.6. The molecule has 4 aromatic rings. The largest absolute Gasteiger partial charge is 0.444 e. The number of piperidine rings is 4. The molecule has 4 atom stereocenters. The van der Waals surface area contributed by atoms with Gasteiger partial charge in [-0.2, -0.15) is 0 Å². The zero-order valence-corrected chi connectivity index (χ0v) is 61.7. The first-order valence-corrected chi connectivity index (χ1v) is 38.2. The Balaban J connectivity index is 0.000000209. The molecule has 8 aliphatic heterocycles. The molecular weight excluding hydrogens is 1310 g/mol. The first-order chi connectivity index (χ1) is 45.3. The molecule has 20 nitrogen and oxygen atoms in total.